The van der Waals surface area contributed by atoms with E-state index in [1.54, 1.807) is 0 Å². The maximum absolute atomic E-state index is 11.8. The van der Waals surface area contributed by atoms with E-state index in [1.165, 1.54) is 17.5 Å². The number of nitrogens with one attached hydrogen (secondary N) is 2. The van der Waals surface area contributed by atoms with Gasteiger partial charge in [0.2, 0.25) is 5.91 Å². The second kappa shape index (κ2) is 10.9. The molecule has 136 valence electrons. The first-order valence-electron chi connectivity index (χ1n) is 8.60. The minimum atomic E-state index is 0. The van der Waals surface area contributed by atoms with Gasteiger partial charge < -0.3 is 10.6 Å². The summed E-state index contributed by atoms with van der Waals surface area (Å²) in [5, 5.41) is 6.43. The number of hydrogen-bond acceptors (Lipinski definition) is 3. The molecule has 1 aromatic rings. The first kappa shape index (κ1) is 21.2. The molecule has 0 saturated carbocycles. The lowest BCUT2D eigenvalue weighted by Crippen LogP contribution is -2.35. The van der Waals surface area contributed by atoms with Crippen LogP contribution in [0.1, 0.15) is 36.8 Å². The Morgan fingerprint density at radius 3 is 2.79 bits per heavy atom. The van der Waals surface area contributed by atoms with Crippen LogP contribution in [0.2, 0.25) is 0 Å². The summed E-state index contributed by atoms with van der Waals surface area (Å²) in [5.74, 6) is 0.198. The minimum absolute atomic E-state index is 0. The maximum Gasteiger partial charge on any atom is 0.221 e. The Morgan fingerprint density at radius 2 is 2.04 bits per heavy atom. The number of fused-ring (bicyclic) bond motifs is 1. The molecule has 6 heteroatoms. The highest BCUT2D eigenvalue weighted by Gasteiger charge is 2.18. The highest BCUT2D eigenvalue weighted by molar-refractivity contribution is 5.85. The molecule has 1 unspecified atom stereocenters. The molecule has 2 aliphatic heterocycles. The molecule has 0 aliphatic carbocycles. The summed E-state index contributed by atoms with van der Waals surface area (Å²) < 4.78 is 0. The van der Waals surface area contributed by atoms with E-state index in [4.69, 9.17) is 0 Å². The van der Waals surface area contributed by atoms with E-state index < -0.39 is 0 Å². The Kier molecular flexibility index (Phi) is 9.67. The van der Waals surface area contributed by atoms with Gasteiger partial charge in [0.25, 0.3) is 0 Å². The van der Waals surface area contributed by atoms with Gasteiger partial charge >= 0.3 is 0 Å². The highest BCUT2D eigenvalue weighted by atomic mass is 35.5. The van der Waals surface area contributed by atoms with Crippen molar-refractivity contribution in [2.24, 2.45) is 0 Å². The van der Waals surface area contributed by atoms with Gasteiger partial charge in [0.15, 0.2) is 0 Å². The number of carbonyl (C=O) groups is 1. The molecule has 24 heavy (non-hydrogen) atoms. The SMILES string of the molecule is Cl.Cl.O=C(CC1CCCN1)NCCCN1CCc2ccccc2C1. The first-order chi connectivity index (χ1) is 10.8. The number of halogens is 2. The molecule has 3 rings (SSSR count). The van der Waals surface area contributed by atoms with Crippen LogP contribution in [0.3, 0.4) is 0 Å². The molecule has 1 aromatic carbocycles. The van der Waals surface area contributed by atoms with Gasteiger partial charge in [-0.1, -0.05) is 24.3 Å². The summed E-state index contributed by atoms with van der Waals surface area (Å²) in [6.45, 7) is 5.11. The predicted octanol–water partition coefficient (Wildman–Crippen LogP) is 2.54. The molecule has 2 N–H and O–H groups in total. The van der Waals surface area contributed by atoms with Gasteiger partial charge in [0.05, 0.1) is 0 Å². The van der Waals surface area contributed by atoms with Crippen LogP contribution in [-0.2, 0) is 17.8 Å². The number of hydrogen-bond donors (Lipinski definition) is 2. The predicted molar refractivity (Wildman–Crippen MR) is 103 cm³/mol. The van der Waals surface area contributed by atoms with E-state index in [9.17, 15) is 4.79 Å². The average Bonchev–Trinajstić information content (AvgIpc) is 3.04. The molecular formula is C18H29Cl2N3O. The van der Waals surface area contributed by atoms with Crippen molar-refractivity contribution >= 4 is 30.7 Å². The number of benzene rings is 1. The van der Waals surface area contributed by atoms with E-state index in [1.807, 2.05) is 0 Å². The van der Waals surface area contributed by atoms with Crippen molar-refractivity contribution in [1.29, 1.82) is 0 Å². The molecule has 1 amide bonds. The van der Waals surface area contributed by atoms with Crippen LogP contribution in [0.5, 0.6) is 0 Å². The van der Waals surface area contributed by atoms with Crippen molar-refractivity contribution in [1.82, 2.24) is 15.5 Å². The van der Waals surface area contributed by atoms with Crippen LogP contribution in [0.25, 0.3) is 0 Å². The second-order valence-electron chi connectivity index (χ2n) is 6.50. The average molecular weight is 374 g/mol. The molecule has 0 aromatic heterocycles. The number of nitrogens with zero attached hydrogens (tertiary/aromatic N) is 1. The molecule has 4 nitrogen and oxygen atoms in total. The number of carbonyl (C=O) groups excluding carboxylic acids is 1. The Bertz CT molecular complexity index is 507. The maximum atomic E-state index is 11.8. The van der Waals surface area contributed by atoms with Gasteiger partial charge in [-0.15, -0.1) is 24.8 Å². The number of rotatable bonds is 6. The van der Waals surface area contributed by atoms with Crippen molar-refractivity contribution in [3.05, 3.63) is 35.4 Å². The van der Waals surface area contributed by atoms with Gasteiger partial charge in [-0.05, 0) is 43.4 Å². The summed E-state index contributed by atoms with van der Waals surface area (Å²) >= 11 is 0. The van der Waals surface area contributed by atoms with Gasteiger partial charge in [0, 0.05) is 38.6 Å². The third-order valence-corrected chi connectivity index (χ3v) is 4.78. The topological polar surface area (TPSA) is 44.4 Å². The Morgan fingerprint density at radius 1 is 1.25 bits per heavy atom. The summed E-state index contributed by atoms with van der Waals surface area (Å²) in [6, 6.07) is 9.13. The summed E-state index contributed by atoms with van der Waals surface area (Å²) in [6.07, 6.45) is 5.16. The largest absolute Gasteiger partial charge is 0.356 e. The van der Waals surface area contributed by atoms with Crippen LogP contribution in [0.4, 0.5) is 0 Å². The first-order valence-corrected chi connectivity index (χ1v) is 8.60. The van der Waals surface area contributed by atoms with Crippen molar-refractivity contribution in [3.63, 3.8) is 0 Å². The zero-order valence-corrected chi connectivity index (χ0v) is 15.8. The van der Waals surface area contributed by atoms with Crippen LogP contribution in [-0.4, -0.2) is 43.0 Å². The van der Waals surface area contributed by atoms with Crippen LogP contribution < -0.4 is 10.6 Å². The van der Waals surface area contributed by atoms with Crippen molar-refractivity contribution in [2.45, 2.75) is 44.7 Å². The lowest BCUT2D eigenvalue weighted by molar-refractivity contribution is -0.121. The lowest BCUT2D eigenvalue weighted by Gasteiger charge is -2.28. The summed E-state index contributed by atoms with van der Waals surface area (Å²) in [4.78, 5) is 14.3. The fraction of sp³-hybridized carbons (Fsp3) is 0.611. The quantitative estimate of drug-likeness (QED) is 0.753. The molecule has 1 fully saturated rings. The van der Waals surface area contributed by atoms with Gasteiger partial charge in [-0.3, -0.25) is 9.69 Å². The molecule has 2 aliphatic rings. The lowest BCUT2D eigenvalue weighted by atomic mass is 10.00. The fourth-order valence-corrected chi connectivity index (χ4v) is 3.50. The smallest absolute Gasteiger partial charge is 0.221 e. The Balaban J connectivity index is 0.00000144. The van der Waals surface area contributed by atoms with E-state index in [-0.39, 0.29) is 30.7 Å². The van der Waals surface area contributed by atoms with Gasteiger partial charge in [-0.2, -0.15) is 0 Å². The van der Waals surface area contributed by atoms with E-state index in [2.05, 4.69) is 39.8 Å². The third-order valence-electron chi connectivity index (χ3n) is 4.78. The Labute approximate surface area is 157 Å². The summed E-state index contributed by atoms with van der Waals surface area (Å²) in [7, 11) is 0. The standard InChI is InChI=1S/C18H27N3O.2ClH/c22-18(13-17-7-3-9-19-17)20-10-4-11-21-12-8-15-5-1-2-6-16(15)14-21;;/h1-2,5-6,17,19H,3-4,7-14H2,(H,20,22);2*1H. The zero-order valence-electron chi connectivity index (χ0n) is 14.1. The van der Waals surface area contributed by atoms with E-state index in [0.29, 0.717) is 12.5 Å². The Hall–Kier alpha value is -0.810. The monoisotopic (exact) mass is 373 g/mol. The zero-order chi connectivity index (χ0) is 15.2. The van der Waals surface area contributed by atoms with Crippen molar-refractivity contribution in [3.8, 4) is 0 Å². The van der Waals surface area contributed by atoms with Gasteiger partial charge in [0.1, 0.15) is 0 Å². The molecule has 1 atom stereocenters. The number of amides is 1. The second-order valence-corrected chi connectivity index (χ2v) is 6.50. The minimum Gasteiger partial charge on any atom is -0.356 e. The molecule has 0 spiro atoms. The van der Waals surface area contributed by atoms with Crippen LogP contribution in [0, 0.1) is 0 Å². The normalized spacial score (nSPS) is 19.8. The van der Waals surface area contributed by atoms with Gasteiger partial charge in [-0.25, -0.2) is 0 Å². The molecule has 1 saturated heterocycles. The van der Waals surface area contributed by atoms with Crippen molar-refractivity contribution < 1.29 is 4.79 Å². The van der Waals surface area contributed by atoms with Crippen LogP contribution in [0.15, 0.2) is 24.3 Å². The van der Waals surface area contributed by atoms with Crippen LogP contribution >= 0.6 is 24.8 Å². The summed E-state index contributed by atoms with van der Waals surface area (Å²) in [5.41, 5.74) is 2.96. The molecule has 0 radical (unpaired) electrons. The molecule has 0 bridgehead atoms. The third kappa shape index (κ3) is 6.25. The fourth-order valence-electron chi connectivity index (χ4n) is 3.50. The molecule has 2 heterocycles. The van der Waals surface area contributed by atoms with Crippen molar-refractivity contribution in [2.75, 3.05) is 26.2 Å². The van der Waals surface area contributed by atoms with E-state index in [0.717, 1.165) is 52.0 Å². The molecular weight excluding hydrogens is 345 g/mol. The van der Waals surface area contributed by atoms with E-state index >= 15 is 0 Å². The highest BCUT2D eigenvalue weighted by Crippen LogP contribution is 2.18.